The number of benzene rings is 9. The first-order valence-corrected chi connectivity index (χ1v) is 20.4. The molecule has 0 saturated carbocycles. The van der Waals surface area contributed by atoms with E-state index in [9.17, 15) is 0 Å². The summed E-state index contributed by atoms with van der Waals surface area (Å²) < 4.78 is 4.86. The first-order valence-electron chi connectivity index (χ1n) is 20.4. The highest BCUT2D eigenvalue weighted by Crippen LogP contribution is 2.53. The fourth-order valence-corrected chi connectivity index (χ4v) is 10.5. The highest BCUT2D eigenvalue weighted by Gasteiger charge is 2.38. The quantitative estimate of drug-likeness (QED) is 0.180. The summed E-state index contributed by atoms with van der Waals surface area (Å²) in [5.74, 6) is 0.823. The predicted octanol–water partition coefficient (Wildman–Crippen LogP) is 14.1. The van der Waals surface area contributed by atoms with Gasteiger partial charge in [-0.05, 0) is 74.8 Å². The molecule has 4 heteroatoms. The van der Waals surface area contributed by atoms with Crippen molar-refractivity contribution in [3.63, 3.8) is 0 Å². The lowest BCUT2D eigenvalue weighted by molar-refractivity contribution is 0.661. The fourth-order valence-electron chi connectivity index (χ4n) is 10.5. The van der Waals surface area contributed by atoms with E-state index in [1.54, 1.807) is 0 Å². The molecule has 4 nitrogen and oxygen atoms in total. The Morgan fingerprint density at radius 1 is 0.424 bits per heavy atom. The zero-order valence-corrected chi connectivity index (χ0v) is 32.6. The molecule has 0 aliphatic heterocycles. The van der Waals surface area contributed by atoms with Gasteiger partial charge in [0.15, 0.2) is 5.82 Å². The van der Waals surface area contributed by atoms with Gasteiger partial charge in [0, 0.05) is 43.6 Å². The molecule has 9 aromatic carbocycles. The van der Waals surface area contributed by atoms with E-state index < -0.39 is 0 Å². The minimum Gasteiger partial charge on any atom is -0.309 e. The second-order valence-corrected chi connectivity index (χ2v) is 16.5. The van der Waals surface area contributed by atoms with Crippen molar-refractivity contribution in [1.82, 2.24) is 19.1 Å². The van der Waals surface area contributed by atoms with Crippen LogP contribution in [-0.4, -0.2) is 19.1 Å². The van der Waals surface area contributed by atoms with Gasteiger partial charge in [0.05, 0.1) is 33.1 Å². The average molecular weight is 753 g/mol. The van der Waals surface area contributed by atoms with Gasteiger partial charge in [-0.25, -0.2) is 9.97 Å². The third-order valence-electron chi connectivity index (χ3n) is 13.1. The smallest absolute Gasteiger partial charge is 0.165 e. The number of para-hydroxylation sites is 3. The number of hydrogen-bond acceptors (Lipinski definition) is 2. The minimum absolute atomic E-state index is 0.239. The third-order valence-corrected chi connectivity index (χ3v) is 13.1. The van der Waals surface area contributed by atoms with Crippen LogP contribution in [0, 0.1) is 0 Å². The summed E-state index contributed by atoms with van der Waals surface area (Å²) in [6.45, 7) is 4.70. The average Bonchev–Trinajstić information content (AvgIpc) is 3.89. The van der Waals surface area contributed by atoms with Crippen molar-refractivity contribution in [2.45, 2.75) is 19.3 Å². The number of rotatable bonds is 3. The molecule has 3 heterocycles. The van der Waals surface area contributed by atoms with Crippen LogP contribution in [0.2, 0.25) is 0 Å². The van der Waals surface area contributed by atoms with Crippen molar-refractivity contribution in [1.29, 1.82) is 0 Å². The van der Waals surface area contributed by atoms with Crippen LogP contribution in [0.1, 0.15) is 25.0 Å². The molecule has 0 unspecified atom stereocenters. The highest BCUT2D eigenvalue weighted by atomic mass is 15.1. The topological polar surface area (TPSA) is 35.6 Å². The summed E-state index contributed by atoms with van der Waals surface area (Å²) in [7, 11) is 0. The Morgan fingerprint density at radius 2 is 1.07 bits per heavy atom. The van der Waals surface area contributed by atoms with Crippen molar-refractivity contribution >= 4 is 76.2 Å². The van der Waals surface area contributed by atoms with E-state index in [0.29, 0.717) is 0 Å². The molecule has 0 fully saturated rings. The Kier molecular flexibility index (Phi) is 6.48. The van der Waals surface area contributed by atoms with Gasteiger partial charge >= 0.3 is 0 Å². The van der Waals surface area contributed by atoms with Crippen molar-refractivity contribution in [2.24, 2.45) is 0 Å². The van der Waals surface area contributed by atoms with Crippen LogP contribution in [0.15, 0.2) is 182 Å². The molecular formula is C55H36N4. The molecule has 0 spiro atoms. The lowest BCUT2D eigenvalue weighted by Gasteiger charge is -2.25. The maximum absolute atomic E-state index is 5.62. The van der Waals surface area contributed by atoms with E-state index in [1.807, 2.05) is 0 Å². The van der Waals surface area contributed by atoms with Crippen molar-refractivity contribution < 1.29 is 0 Å². The van der Waals surface area contributed by atoms with Gasteiger partial charge in [0.1, 0.15) is 5.69 Å². The molecule has 0 N–H and O–H groups in total. The maximum Gasteiger partial charge on any atom is 0.165 e. The standard InChI is InChI=1S/C55H36N4/c1-55(2)44-22-9-7-18-38(44)40-20-13-21-43(51(40)55)52-54(57-46-24-11-10-23-45(46)56-52)59-48-31-27-33-14-3-5-16-36(33)50(48)42-30-28-35(32-49(42)59)58-47-25-12-8-19-39(47)41-29-26-34-15-4-6-17-37(34)53(41)58/h3-32H,1-2H3. The van der Waals surface area contributed by atoms with Crippen LogP contribution in [0.5, 0.6) is 0 Å². The largest absolute Gasteiger partial charge is 0.309 e. The molecule has 0 amide bonds. The maximum atomic E-state index is 5.62. The summed E-state index contributed by atoms with van der Waals surface area (Å²) >= 11 is 0. The number of aromatic nitrogens is 4. The van der Waals surface area contributed by atoms with Crippen LogP contribution >= 0.6 is 0 Å². The molecule has 12 aromatic rings. The van der Waals surface area contributed by atoms with Gasteiger partial charge < -0.3 is 4.57 Å². The van der Waals surface area contributed by atoms with Crippen molar-refractivity contribution in [3.8, 4) is 33.9 Å². The first kappa shape index (κ1) is 32.5. The van der Waals surface area contributed by atoms with E-state index in [4.69, 9.17) is 9.97 Å². The van der Waals surface area contributed by atoms with Crippen LogP contribution in [0.25, 0.3) is 110 Å². The van der Waals surface area contributed by atoms with Gasteiger partial charge in [0.2, 0.25) is 0 Å². The van der Waals surface area contributed by atoms with Gasteiger partial charge in [-0.15, -0.1) is 0 Å². The number of fused-ring (bicyclic) bond motifs is 14. The normalized spacial score (nSPS) is 13.4. The van der Waals surface area contributed by atoms with Crippen molar-refractivity contribution in [2.75, 3.05) is 0 Å². The molecule has 0 saturated heterocycles. The fraction of sp³-hybridized carbons (Fsp3) is 0.0545. The van der Waals surface area contributed by atoms with Crippen LogP contribution in [0.4, 0.5) is 0 Å². The second-order valence-electron chi connectivity index (χ2n) is 16.5. The summed E-state index contributed by atoms with van der Waals surface area (Å²) in [5, 5.41) is 9.76. The molecule has 0 bridgehead atoms. The Morgan fingerprint density at radius 3 is 1.93 bits per heavy atom. The van der Waals surface area contributed by atoms with E-state index in [0.717, 1.165) is 44.8 Å². The van der Waals surface area contributed by atoms with E-state index >= 15 is 0 Å². The molecule has 59 heavy (non-hydrogen) atoms. The van der Waals surface area contributed by atoms with Crippen molar-refractivity contribution in [3.05, 3.63) is 193 Å². The molecule has 0 radical (unpaired) electrons. The molecule has 276 valence electrons. The minimum atomic E-state index is -0.239. The molecule has 1 aliphatic rings. The van der Waals surface area contributed by atoms with Gasteiger partial charge in [-0.3, -0.25) is 4.57 Å². The number of hydrogen-bond donors (Lipinski definition) is 0. The molecule has 13 rings (SSSR count). The first-order chi connectivity index (χ1) is 29.0. The third kappa shape index (κ3) is 4.38. The Balaban J connectivity index is 1.19. The zero-order chi connectivity index (χ0) is 39.0. The van der Waals surface area contributed by atoms with Crippen LogP contribution < -0.4 is 0 Å². The summed E-state index contributed by atoms with van der Waals surface area (Å²) in [4.78, 5) is 11.2. The monoisotopic (exact) mass is 752 g/mol. The highest BCUT2D eigenvalue weighted by molar-refractivity contribution is 6.22. The summed E-state index contributed by atoms with van der Waals surface area (Å²) in [6, 6.07) is 66.2. The van der Waals surface area contributed by atoms with Crippen LogP contribution in [0.3, 0.4) is 0 Å². The Labute approximate surface area is 340 Å². The lowest BCUT2D eigenvalue weighted by Crippen LogP contribution is -2.17. The van der Waals surface area contributed by atoms with Gasteiger partial charge in [-0.2, -0.15) is 0 Å². The number of nitrogens with zero attached hydrogens (tertiary/aromatic N) is 4. The Hall–Kier alpha value is -7.56. The summed E-state index contributed by atoms with van der Waals surface area (Å²) in [5.41, 5.74) is 14.3. The predicted molar refractivity (Wildman–Crippen MR) is 246 cm³/mol. The Bertz CT molecular complexity index is 3770. The van der Waals surface area contributed by atoms with E-state index in [1.165, 1.54) is 76.4 Å². The van der Waals surface area contributed by atoms with Gasteiger partial charge in [0.25, 0.3) is 0 Å². The summed E-state index contributed by atoms with van der Waals surface area (Å²) in [6.07, 6.45) is 0. The molecule has 3 aromatic heterocycles. The van der Waals surface area contributed by atoms with Crippen LogP contribution in [-0.2, 0) is 5.41 Å². The lowest BCUT2D eigenvalue weighted by atomic mass is 9.79. The van der Waals surface area contributed by atoms with E-state index in [2.05, 4.69) is 205 Å². The SMILES string of the molecule is CC1(C)c2ccccc2-c2cccc(-c3nc4ccccc4nc3-n3c4cc(-n5c6ccccc6c6ccc7ccccc7c65)ccc4c4c5ccccc5ccc43)c21. The second kappa shape index (κ2) is 11.7. The molecule has 1 aliphatic carbocycles. The zero-order valence-electron chi connectivity index (χ0n) is 32.6. The van der Waals surface area contributed by atoms with Gasteiger partial charge in [-0.1, -0.05) is 159 Å². The van der Waals surface area contributed by atoms with E-state index in [-0.39, 0.29) is 5.41 Å². The molecular weight excluding hydrogens is 717 g/mol. The molecule has 0 atom stereocenters.